The van der Waals surface area contributed by atoms with Gasteiger partial charge in [-0.2, -0.15) is 0 Å². The van der Waals surface area contributed by atoms with Crippen LogP contribution in [-0.2, 0) is 0 Å². The van der Waals surface area contributed by atoms with Gasteiger partial charge in [-0.15, -0.1) is 0 Å². The molecule has 0 atom stereocenters. The maximum Gasteiger partial charge on any atom is 0.252 e. The Morgan fingerprint density at radius 2 is 1.64 bits per heavy atom. The Morgan fingerprint density at radius 1 is 1.08 bits per heavy atom. The first-order valence-corrected chi connectivity index (χ1v) is 8.50. The lowest BCUT2D eigenvalue weighted by molar-refractivity contribution is -0.0805. The number of nitrogens with zero attached hydrogens (tertiary/aromatic N) is 1. The molecule has 2 saturated carbocycles. The van der Waals surface area contributed by atoms with E-state index in [1.807, 2.05) is 6.92 Å². The van der Waals surface area contributed by atoms with E-state index in [2.05, 4.69) is 15.6 Å². The molecule has 0 aliphatic heterocycles. The first-order chi connectivity index (χ1) is 11.7. The number of alkyl halides is 4. The second kappa shape index (κ2) is 6.46. The molecule has 0 saturated heterocycles. The summed E-state index contributed by atoms with van der Waals surface area (Å²) in [4.78, 5) is 16.3. The van der Waals surface area contributed by atoms with Gasteiger partial charge in [0.2, 0.25) is 0 Å². The number of nitrogens with one attached hydrogen (secondary N) is 2. The van der Waals surface area contributed by atoms with Crippen molar-refractivity contribution < 1.29 is 22.4 Å². The summed E-state index contributed by atoms with van der Waals surface area (Å²) in [7, 11) is 0. The van der Waals surface area contributed by atoms with Gasteiger partial charge in [0.15, 0.2) is 5.78 Å². The molecule has 2 fully saturated rings. The molecule has 0 bridgehead atoms. The van der Waals surface area contributed by atoms with Gasteiger partial charge in [-0.05, 0) is 18.6 Å². The van der Waals surface area contributed by atoms with E-state index < -0.39 is 23.9 Å². The van der Waals surface area contributed by atoms with Crippen LogP contribution in [0.1, 0.15) is 55.9 Å². The number of carbonyl (C=O) groups excluding carboxylic acids is 1. The Balaban J connectivity index is 1.74. The topological polar surface area (TPSA) is 54.0 Å². The van der Waals surface area contributed by atoms with E-state index in [-0.39, 0.29) is 43.0 Å². The third-order valence-electron chi connectivity index (χ3n) is 4.54. The Hall–Kier alpha value is -1.86. The number of carbonyl (C=O) groups is 1. The summed E-state index contributed by atoms with van der Waals surface area (Å²) in [5.41, 5.74) is 0.712. The van der Waals surface area contributed by atoms with Crippen LogP contribution in [0.5, 0.6) is 0 Å². The number of rotatable bonds is 7. The Bertz CT molecular complexity index is 649. The van der Waals surface area contributed by atoms with Crippen LogP contribution in [0.15, 0.2) is 12.1 Å². The minimum atomic E-state index is -2.68. The first-order valence-electron chi connectivity index (χ1n) is 8.50. The van der Waals surface area contributed by atoms with Crippen molar-refractivity contribution in [3.8, 4) is 0 Å². The number of hydrogen-bond donors (Lipinski definition) is 2. The van der Waals surface area contributed by atoms with Gasteiger partial charge >= 0.3 is 0 Å². The summed E-state index contributed by atoms with van der Waals surface area (Å²) in [5, 5.41) is 5.89. The van der Waals surface area contributed by atoms with Crippen LogP contribution in [0.2, 0.25) is 0 Å². The van der Waals surface area contributed by atoms with Gasteiger partial charge in [0.25, 0.3) is 11.8 Å². The van der Waals surface area contributed by atoms with Crippen molar-refractivity contribution in [2.24, 2.45) is 0 Å². The zero-order chi connectivity index (χ0) is 18.2. The van der Waals surface area contributed by atoms with Crippen molar-refractivity contribution in [2.45, 2.75) is 69.4 Å². The van der Waals surface area contributed by atoms with Gasteiger partial charge in [0.1, 0.15) is 11.5 Å². The van der Waals surface area contributed by atoms with E-state index in [9.17, 15) is 22.4 Å². The molecule has 0 spiro atoms. The number of ketones is 1. The molecule has 2 aliphatic rings. The number of pyridine rings is 1. The van der Waals surface area contributed by atoms with Crippen LogP contribution in [0, 0.1) is 0 Å². The molecule has 1 aromatic rings. The lowest BCUT2D eigenvalue weighted by Gasteiger charge is -2.38. The first kappa shape index (κ1) is 17.9. The smallest absolute Gasteiger partial charge is 0.252 e. The molecular weight excluding hydrogens is 338 g/mol. The molecule has 0 amide bonds. The van der Waals surface area contributed by atoms with E-state index in [0.717, 1.165) is 0 Å². The highest BCUT2D eigenvalue weighted by atomic mass is 19.3. The van der Waals surface area contributed by atoms with E-state index in [1.54, 1.807) is 6.07 Å². The second-order valence-corrected chi connectivity index (χ2v) is 6.98. The van der Waals surface area contributed by atoms with Crippen molar-refractivity contribution in [2.75, 3.05) is 10.6 Å². The normalized spacial score (nSPS) is 22.0. The Labute approximate surface area is 143 Å². The highest BCUT2D eigenvalue weighted by Crippen LogP contribution is 2.42. The van der Waals surface area contributed by atoms with Crippen LogP contribution in [0.3, 0.4) is 0 Å². The zero-order valence-corrected chi connectivity index (χ0v) is 13.9. The van der Waals surface area contributed by atoms with E-state index in [1.165, 1.54) is 6.07 Å². The molecule has 1 aromatic heterocycles. The summed E-state index contributed by atoms with van der Waals surface area (Å²) >= 11 is 0. The average Bonchev–Trinajstić information content (AvgIpc) is 2.45. The zero-order valence-electron chi connectivity index (χ0n) is 13.9. The lowest BCUT2D eigenvalue weighted by Crippen LogP contribution is -2.46. The van der Waals surface area contributed by atoms with Gasteiger partial charge < -0.3 is 10.6 Å². The monoisotopic (exact) mass is 359 g/mol. The van der Waals surface area contributed by atoms with E-state index >= 15 is 0 Å². The molecular formula is C17H21F4N3O. The molecule has 3 rings (SSSR count). The maximum atomic E-state index is 13.0. The summed E-state index contributed by atoms with van der Waals surface area (Å²) in [5.74, 6) is -5.20. The quantitative estimate of drug-likeness (QED) is 0.557. The summed E-state index contributed by atoms with van der Waals surface area (Å²) in [6.07, 6.45) is -0.134. The van der Waals surface area contributed by atoms with E-state index in [0.29, 0.717) is 18.5 Å². The summed E-state index contributed by atoms with van der Waals surface area (Å²) in [6.45, 7) is 1.88. The van der Waals surface area contributed by atoms with Crippen LogP contribution < -0.4 is 10.6 Å². The minimum Gasteiger partial charge on any atom is -0.379 e. The minimum absolute atomic E-state index is 0.133. The van der Waals surface area contributed by atoms with Crippen molar-refractivity contribution in [1.29, 1.82) is 0 Å². The molecule has 0 aromatic carbocycles. The van der Waals surface area contributed by atoms with Gasteiger partial charge in [0, 0.05) is 44.2 Å². The fourth-order valence-electron chi connectivity index (χ4n) is 3.14. The molecule has 4 nitrogen and oxygen atoms in total. The van der Waals surface area contributed by atoms with Gasteiger partial charge in [-0.3, -0.25) is 4.79 Å². The van der Waals surface area contributed by atoms with Crippen LogP contribution in [-0.4, -0.2) is 34.7 Å². The number of halogens is 4. The summed E-state index contributed by atoms with van der Waals surface area (Å²) < 4.78 is 52.1. The number of anilines is 2. The van der Waals surface area contributed by atoms with Crippen molar-refractivity contribution in [3.05, 3.63) is 17.8 Å². The number of aromatic nitrogens is 1. The molecule has 25 heavy (non-hydrogen) atoms. The fourth-order valence-corrected chi connectivity index (χ4v) is 3.14. The molecule has 2 aliphatic carbocycles. The number of hydrogen-bond acceptors (Lipinski definition) is 4. The average molecular weight is 359 g/mol. The third-order valence-corrected chi connectivity index (χ3v) is 4.54. The molecule has 2 N–H and O–H groups in total. The molecule has 0 unspecified atom stereocenters. The maximum absolute atomic E-state index is 13.0. The van der Waals surface area contributed by atoms with Crippen molar-refractivity contribution in [3.63, 3.8) is 0 Å². The SMILES string of the molecule is CCCC(=O)c1ccc(NC2CC(F)(F)C2)c(NC2CC(F)(F)C2)n1. The molecule has 138 valence electrons. The predicted molar refractivity (Wildman–Crippen MR) is 86.7 cm³/mol. The van der Waals surface area contributed by atoms with Gasteiger partial charge in [-0.1, -0.05) is 6.92 Å². The molecule has 8 heteroatoms. The summed E-state index contributed by atoms with van der Waals surface area (Å²) in [6, 6.07) is 2.31. The highest BCUT2D eigenvalue weighted by molar-refractivity contribution is 5.95. The molecule has 0 radical (unpaired) electrons. The third kappa shape index (κ3) is 4.22. The van der Waals surface area contributed by atoms with Crippen LogP contribution >= 0.6 is 0 Å². The molecule has 1 heterocycles. The van der Waals surface area contributed by atoms with Gasteiger partial charge in [0.05, 0.1) is 5.69 Å². The predicted octanol–water partition coefficient (Wildman–Crippen LogP) is 4.48. The van der Waals surface area contributed by atoms with Crippen LogP contribution in [0.25, 0.3) is 0 Å². The van der Waals surface area contributed by atoms with E-state index in [4.69, 9.17) is 0 Å². The number of Topliss-reactive ketones (excluding diaryl/α,β-unsaturated/α-hetero) is 1. The van der Waals surface area contributed by atoms with Crippen molar-refractivity contribution >= 4 is 17.3 Å². The largest absolute Gasteiger partial charge is 0.379 e. The lowest BCUT2D eigenvalue weighted by atomic mass is 9.87. The standard InChI is InChI=1S/C17H21F4N3O/c1-2-3-14(25)12-4-5-13(22-10-6-16(18,19)7-10)15(24-12)23-11-8-17(20,21)9-11/h4-5,10-11,22H,2-3,6-9H2,1H3,(H,23,24). The highest BCUT2D eigenvalue weighted by Gasteiger charge is 2.47. The fraction of sp³-hybridized carbons (Fsp3) is 0.647. The Morgan fingerprint density at radius 3 is 2.16 bits per heavy atom. The Kier molecular flexibility index (Phi) is 4.64. The van der Waals surface area contributed by atoms with Gasteiger partial charge in [-0.25, -0.2) is 22.5 Å². The van der Waals surface area contributed by atoms with Crippen molar-refractivity contribution in [1.82, 2.24) is 4.98 Å². The second-order valence-electron chi connectivity index (χ2n) is 6.98. The van der Waals surface area contributed by atoms with Crippen LogP contribution in [0.4, 0.5) is 29.1 Å².